The molecule has 0 bridgehead atoms. The number of hydrogen-bond donors (Lipinski definition) is 1. The molecule has 2 aromatic carbocycles. The van der Waals surface area contributed by atoms with Gasteiger partial charge in [-0.2, -0.15) is 0 Å². The highest BCUT2D eigenvalue weighted by Gasteiger charge is 2.40. The van der Waals surface area contributed by atoms with Crippen LogP contribution in [0, 0.1) is 6.92 Å². The highest BCUT2D eigenvalue weighted by atomic mass is 32.2. The number of nitrogens with one attached hydrogen (secondary N) is 1. The van der Waals surface area contributed by atoms with Crippen LogP contribution in [0.2, 0.25) is 0 Å². The molecule has 1 N–H and O–H groups in total. The summed E-state index contributed by atoms with van der Waals surface area (Å²) in [7, 11) is 0. The number of hydrogen-bond acceptors (Lipinski definition) is 5. The number of anilines is 1. The molecule has 0 radical (unpaired) electrons. The number of amidine groups is 1. The van der Waals surface area contributed by atoms with Crippen molar-refractivity contribution < 1.29 is 14.3 Å². The van der Waals surface area contributed by atoms with E-state index in [1.807, 2.05) is 61.5 Å². The van der Waals surface area contributed by atoms with Crippen molar-refractivity contribution in [1.29, 1.82) is 0 Å². The van der Waals surface area contributed by atoms with Gasteiger partial charge in [-0.05, 0) is 43.5 Å². The zero-order chi connectivity index (χ0) is 20.9. The fourth-order valence-electron chi connectivity index (χ4n) is 3.58. The number of rotatable bonds is 6. The lowest BCUT2D eigenvalue weighted by atomic mass is 10.2. The summed E-state index contributed by atoms with van der Waals surface area (Å²) < 4.78 is 5.73. The molecule has 0 spiro atoms. The van der Waals surface area contributed by atoms with Crippen molar-refractivity contribution in [3.05, 3.63) is 60.2 Å². The summed E-state index contributed by atoms with van der Waals surface area (Å²) in [6, 6.07) is 17.2. The molecule has 2 aromatic rings. The first-order valence-electron chi connectivity index (χ1n) is 10.2. The van der Waals surface area contributed by atoms with Gasteiger partial charge in [0, 0.05) is 18.7 Å². The van der Waals surface area contributed by atoms with Crippen LogP contribution in [0.5, 0.6) is 0 Å². The molecule has 2 fully saturated rings. The SMILES string of the molecule is Cc1ccccc1NC(=O)C[C@H]1SC(=Nc2ccccc2)N(C[C@@H]2CCCO2)C1=O. The van der Waals surface area contributed by atoms with Crippen molar-refractivity contribution in [1.82, 2.24) is 4.90 Å². The molecule has 4 rings (SSSR count). The fourth-order valence-corrected chi connectivity index (χ4v) is 4.75. The van der Waals surface area contributed by atoms with Crippen LogP contribution < -0.4 is 5.32 Å². The molecule has 156 valence electrons. The van der Waals surface area contributed by atoms with E-state index in [2.05, 4.69) is 10.3 Å². The third-order valence-electron chi connectivity index (χ3n) is 5.20. The Kier molecular flexibility index (Phi) is 6.50. The van der Waals surface area contributed by atoms with E-state index in [0.29, 0.717) is 11.7 Å². The quantitative estimate of drug-likeness (QED) is 0.758. The second-order valence-corrected chi connectivity index (χ2v) is 8.66. The molecule has 0 aromatic heterocycles. The molecule has 0 unspecified atom stereocenters. The molecule has 2 aliphatic heterocycles. The van der Waals surface area contributed by atoms with Crippen LogP contribution in [-0.4, -0.2) is 46.4 Å². The number of nitrogens with zero attached hydrogens (tertiary/aromatic N) is 2. The summed E-state index contributed by atoms with van der Waals surface area (Å²) in [5.74, 6) is -0.252. The van der Waals surface area contributed by atoms with E-state index < -0.39 is 5.25 Å². The van der Waals surface area contributed by atoms with E-state index in [-0.39, 0.29) is 24.3 Å². The first kappa shape index (κ1) is 20.6. The van der Waals surface area contributed by atoms with E-state index in [1.165, 1.54) is 11.8 Å². The Hall–Kier alpha value is -2.64. The molecule has 2 saturated heterocycles. The normalized spacial score (nSPS) is 22.6. The van der Waals surface area contributed by atoms with Gasteiger partial charge in [-0.3, -0.25) is 14.5 Å². The van der Waals surface area contributed by atoms with Crippen LogP contribution in [0.4, 0.5) is 11.4 Å². The van der Waals surface area contributed by atoms with Crippen LogP contribution in [0.15, 0.2) is 59.6 Å². The van der Waals surface area contributed by atoms with Gasteiger partial charge in [-0.25, -0.2) is 4.99 Å². The molecule has 0 saturated carbocycles. The number of ether oxygens (including phenoxy) is 1. The summed E-state index contributed by atoms with van der Waals surface area (Å²) in [5.41, 5.74) is 2.55. The summed E-state index contributed by atoms with van der Waals surface area (Å²) in [5, 5.41) is 3.07. The van der Waals surface area contributed by atoms with E-state index in [4.69, 9.17) is 4.74 Å². The van der Waals surface area contributed by atoms with Crippen LogP contribution in [0.1, 0.15) is 24.8 Å². The van der Waals surface area contributed by atoms with Gasteiger partial charge in [0.05, 0.1) is 18.3 Å². The molecule has 2 amide bonds. The summed E-state index contributed by atoms with van der Waals surface area (Å²) >= 11 is 1.36. The summed E-state index contributed by atoms with van der Waals surface area (Å²) in [6.07, 6.45) is 2.07. The van der Waals surface area contributed by atoms with Crippen LogP contribution in [-0.2, 0) is 14.3 Å². The lowest BCUT2D eigenvalue weighted by Gasteiger charge is -2.20. The highest BCUT2D eigenvalue weighted by Crippen LogP contribution is 2.33. The Balaban J connectivity index is 1.49. The van der Waals surface area contributed by atoms with Gasteiger partial charge in [-0.15, -0.1) is 0 Å². The van der Waals surface area contributed by atoms with Crippen LogP contribution in [0.25, 0.3) is 0 Å². The Morgan fingerprint density at radius 2 is 1.97 bits per heavy atom. The largest absolute Gasteiger partial charge is 0.376 e. The number of carbonyl (C=O) groups excluding carboxylic acids is 2. The lowest BCUT2D eigenvalue weighted by Crippen LogP contribution is -2.38. The number of aliphatic imine (C=N–C) groups is 1. The number of para-hydroxylation sites is 2. The molecule has 0 aliphatic carbocycles. The molecule has 2 aliphatic rings. The minimum absolute atomic E-state index is 0.0232. The minimum Gasteiger partial charge on any atom is -0.376 e. The zero-order valence-electron chi connectivity index (χ0n) is 16.9. The summed E-state index contributed by atoms with van der Waals surface area (Å²) in [4.78, 5) is 32.1. The molecular formula is C23H25N3O3S. The Labute approximate surface area is 180 Å². The zero-order valence-corrected chi connectivity index (χ0v) is 17.7. The average Bonchev–Trinajstić information content (AvgIpc) is 3.35. The topological polar surface area (TPSA) is 71.0 Å². The monoisotopic (exact) mass is 423 g/mol. The van der Waals surface area contributed by atoms with Gasteiger partial charge in [0.15, 0.2) is 5.17 Å². The van der Waals surface area contributed by atoms with E-state index in [0.717, 1.165) is 36.4 Å². The maximum Gasteiger partial charge on any atom is 0.242 e. The van der Waals surface area contributed by atoms with Gasteiger partial charge in [0.25, 0.3) is 0 Å². The smallest absolute Gasteiger partial charge is 0.242 e. The maximum atomic E-state index is 13.1. The van der Waals surface area contributed by atoms with Crippen molar-refractivity contribution in [2.45, 2.75) is 37.5 Å². The van der Waals surface area contributed by atoms with E-state index >= 15 is 0 Å². The first-order valence-corrected chi connectivity index (χ1v) is 11.1. The third-order valence-corrected chi connectivity index (χ3v) is 6.38. The number of aryl methyl sites for hydroxylation is 1. The minimum atomic E-state index is -0.488. The second-order valence-electron chi connectivity index (χ2n) is 7.49. The van der Waals surface area contributed by atoms with Crippen molar-refractivity contribution in [2.75, 3.05) is 18.5 Å². The van der Waals surface area contributed by atoms with Gasteiger partial charge < -0.3 is 10.1 Å². The predicted octanol–water partition coefficient (Wildman–Crippen LogP) is 4.13. The Bertz CT molecular complexity index is 942. The Morgan fingerprint density at radius 3 is 2.70 bits per heavy atom. The molecule has 2 heterocycles. The molecule has 2 atom stereocenters. The van der Waals surface area contributed by atoms with E-state index in [1.54, 1.807) is 4.90 Å². The van der Waals surface area contributed by atoms with Gasteiger partial charge in [0.2, 0.25) is 11.8 Å². The van der Waals surface area contributed by atoms with Crippen molar-refractivity contribution in [3.8, 4) is 0 Å². The predicted molar refractivity (Wildman–Crippen MR) is 120 cm³/mol. The number of amides is 2. The van der Waals surface area contributed by atoms with Crippen LogP contribution >= 0.6 is 11.8 Å². The first-order chi connectivity index (χ1) is 14.6. The van der Waals surface area contributed by atoms with Crippen molar-refractivity contribution in [3.63, 3.8) is 0 Å². The highest BCUT2D eigenvalue weighted by molar-refractivity contribution is 8.15. The third kappa shape index (κ3) is 4.91. The number of thioether (sulfide) groups is 1. The van der Waals surface area contributed by atoms with Crippen molar-refractivity contribution in [2.24, 2.45) is 4.99 Å². The Morgan fingerprint density at radius 1 is 1.20 bits per heavy atom. The molecular weight excluding hydrogens is 398 g/mol. The molecule has 30 heavy (non-hydrogen) atoms. The van der Waals surface area contributed by atoms with Gasteiger partial charge in [0.1, 0.15) is 5.25 Å². The number of carbonyl (C=O) groups is 2. The maximum absolute atomic E-state index is 13.1. The van der Waals surface area contributed by atoms with Crippen molar-refractivity contribution >= 4 is 40.1 Å². The standard InChI is InChI=1S/C23H25N3O3S/c1-16-8-5-6-12-19(16)25-21(27)14-20-22(28)26(15-18-11-7-13-29-18)23(30-20)24-17-9-3-2-4-10-17/h2-6,8-10,12,18,20H,7,11,13-15H2,1H3,(H,25,27)/t18-,20+/m0/s1. The molecule has 6 nitrogen and oxygen atoms in total. The number of benzene rings is 2. The van der Waals surface area contributed by atoms with Gasteiger partial charge in [-0.1, -0.05) is 48.2 Å². The second kappa shape index (κ2) is 9.45. The lowest BCUT2D eigenvalue weighted by molar-refractivity contribution is -0.129. The summed E-state index contributed by atoms with van der Waals surface area (Å²) in [6.45, 7) is 3.15. The van der Waals surface area contributed by atoms with Gasteiger partial charge >= 0.3 is 0 Å². The fraction of sp³-hybridized carbons (Fsp3) is 0.348. The van der Waals surface area contributed by atoms with Crippen LogP contribution in [0.3, 0.4) is 0 Å². The van der Waals surface area contributed by atoms with E-state index in [9.17, 15) is 9.59 Å². The average molecular weight is 424 g/mol. The molecule has 7 heteroatoms.